The van der Waals surface area contributed by atoms with Gasteiger partial charge >= 0.3 is 16.3 Å². The van der Waals surface area contributed by atoms with E-state index in [1.807, 2.05) is 6.07 Å². The first-order chi connectivity index (χ1) is 22.7. The number of hydrogen-bond donors (Lipinski definition) is 1. The molecular weight excluding hydrogens is 645 g/mol. The molecule has 2 amide bonds. The van der Waals surface area contributed by atoms with Crippen molar-refractivity contribution in [1.82, 2.24) is 23.7 Å². The van der Waals surface area contributed by atoms with Crippen molar-refractivity contribution in [3.63, 3.8) is 0 Å². The number of aryl methyl sites for hydroxylation is 1. The van der Waals surface area contributed by atoms with Gasteiger partial charge in [-0.1, -0.05) is 6.07 Å². The van der Waals surface area contributed by atoms with E-state index in [1.54, 1.807) is 42.7 Å². The molecule has 0 bridgehead atoms. The lowest BCUT2D eigenvalue weighted by Gasteiger charge is -2.35. The van der Waals surface area contributed by atoms with E-state index in [9.17, 15) is 32.5 Å². The number of nitrogens with one attached hydrogen (secondary N) is 1. The zero-order chi connectivity index (χ0) is 34.6. The van der Waals surface area contributed by atoms with Crippen LogP contribution in [0.15, 0.2) is 47.5 Å². The van der Waals surface area contributed by atoms with Crippen molar-refractivity contribution in [2.24, 2.45) is 0 Å². The van der Waals surface area contributed by atoms with Crippen LogP contribution in [0.4, 0.5) is 14.9 Å². The highest BCUT2D eigenvalue weighted by Gasteiger charge is 2.32. The molecule has 0 radical (unpaired) electrons. The quantitative estimate of drug-likeness (QED) is 0.354. The van der Waals surface area contributed by atoms with Crippen molar-refractivity contribution in [2.45, 2.75) is 58.4 Å². The second-order valence-corrected chi connectivity index (χ2v) is 14.3. The van der Waals surface area contributed by atoms with Gasteiger partial charge in [0.05, 0.1) is 22.9 Å². The molecule has 0 aliphatic carbocycles. The van der Waals surface area contributed by atoms with Gasteiger partial charge in [-0.3, -0.25) is 18.9 Å². The summed E-state index contributed by atoms with van der Waals surface area (Å²) in [5.41, 5.74) is -0.634. The van der Waals surface area contributed by atoms with E-state index in [-0.39, 0.29) is 72.1 Å². The van der Waals surface area contributed by atoms with Crippen LogP contribution < -0.4 is 15.0 Å². The molecule has 14 nitrogen and oxygen atoms in total. The van der Waals surface area contributed by atoms with Crippen LogP contribution in [0.3, 0.4) is 0 Å². The SMILES string of the molecule is CC(C)(C)OC(=O)N1CCN(C(=O)CCCn2cnc3ccc(Oc4cccc(NS(=O)(=O)N5CC[C@@H](F)C5)c4C#N)cc3c2=O)CC1. The molecule has 2 aliphatic heterocycles. The number of fused-ring (bicyclic) bond motifs is 1. The lowest BCUT2D eigenvalue weighted by Crippen LogP contribution is -2.51. The van der Waals surface area contributed by atoms with E-state index in [2.05, 4.69) is 9.71 Å². The number of alkyl halides is 1. The number of nitriles is 1. The topological polar surface area (TPSA) is 167 Å². The highest BCUT2D eigenvalue weighted by atomic mass is 32.2. The van der Waals surface area contributed by atoms with Crippen molar-refractivity contribution in [3.05, 3.63) is 58.6 Å². The van der Waals surface area contributed by atoms with Gasteiger partial charge in [-0.15, -0.1) is 0 Å². The lowest BCUT2D eigenvalue weighted by molar-refractivity contribution is -0.133. The summed E-state index contributed by atoms with van der Waals surface area (Å²) in [4.78, 5) is 46.1. The summed E-state index contributed by atoms with van der Waals surface area (Å²) < 4.78 is 55.3. The van der Waals surface area contributed by atoms with Gasteiger partial charge in [-0.2, -0.15) is 18.0 Å². The number of amides is 2. The van der Waals surface area contributed by atoms with Gasteiger partial charge in [-0.25, -0.2) is 14.2 Å². The number of anilines is 1. The second kappa shape index (κ2) is 14.2. The summed E-state index contributed by atoms with van der Waals surface area (Å²) in [6, 6.07) is 11.0. The lowest BCUT2D eigenvalue weighted by atomic mass is 10.1. The number of nitrogens with zero attached hydrogens (tertiary/aromatic N) is 6. The molecule has 2 aromatic carbocycles. The Morgan fingerprint density at radius 2 is 1.83 bits per heavy atom. The van der Waals surface area contributed by atoms with E-state index >= 15 is 0 Å². The summed E-state index contributed by atoms with van der Waals surface area (Å²) in [5.74, 6) is 0.203. The van der Waals surface area contributed by atoms with Crippen molar-refractivity contribution < 1.29 is 31.9 Å². The Morgan fingerprint density at radius 1 is 1.10 bits per heavy atom. The van der Waals surface area contributed by atoms with Crippen LogP contribution in [-0.2, 0) is 26.3 Å². The monoisotopic (exact) mass is 683 g/mol. The number of benzene rings is 2. The average molecular weight is 684 g/mol. The van der Waals surface area contributed by atoms with Crippen molar-refractivity contribution in [2.75, 3.05) is 44.0 Å². The van der Waals surface area contributed by atoms with E-state index in [4.69, 9.17) is 9.47 Å². The smallest absolute Gasteiger partial charge is 0.410 e. The van der Waals surface area contributed by atoms with Crippen LogP contribution in [-0.4, -0.2) is 95.1 Å². The minimum Gasteiger partial charge on any atom is -0.456 e. The van der Waals surface area contributed by atoms with Crippen LogP contribution in [0.25, 0.3) is 10.9 Å². The second-order valence-electron chi connectivity index (χ2n) is 12.6. The van der Waals surface area contributed by atoms with Gasteiger partial charge in [0.1, 0.15) is 34.9 Å². The molecule has 256 valence electrons. The summed E-state index contributed by atoms with van der Waals surface area (Å²) >= 11 is 0. The Labute approximate surface area is 277 Å². The molecule has 3 heterocycles. The van der Waals surface area contributed by atoms with E-state index < -0.39 is 28.1 Å². The van der Waals surface area contributed by atoms with Gasteiger partial charge in [-0.05, 0) is 63.9 Å². The van der Waals surface area contributed by atoms with E-state index in [0.717, 1.165) is 4.31 Å². The summed E-state index contributed by atoms with van der Waals surface area (Å²) in [5, 5.41) is 10.1. The molecule has 0 saturated carbocycles. The summed E-state index contributed by atoms with van der Waals surface area (Å²) in [6.45, 7) is 6.99. The van der Waals surface area contributed by atoms with Crippen molar-refractivity contribution in [1.29, 1.82) is 5.26 Å². The number of piperazine rings is 1. The zero-order valence-electron chi connectivity index (χ0n) is 27.0. The molecule has 2 fully saturated rings. The number of ether oxygens (including phenoxy) is 2. The standard InChI is InChI=1S/C32H38FN7O7S/c1-32(2,3)47-31(43)38-16-14-37(15-17-38)29(41)8-5-12-39-21-35-26-10-9-23(18-24(26)30(39)42)46-28-7-4-6-27(25(28)19-34)36-48(44,45)40-13-11-22(33)20-40/h4,6-7,9-10,18,21-22,36H,5,8,11-17,20H2,1-3H3/t22-/m1/s1. The predicted molar refractivity (Wildman–Crippen MR) is 174 cm³/mol. The maximum Gasteiger partial charge on any atom is 0.410 e. The van der Waals surface area contributed by atoms with E-state index in [0.29, 0.717) is 38.1 Å². The molecule has 0 spiro atoms. The van der Waals surface area contributed by atoms with Crippen LogP contribution in [0.2, 0.25) is 0 Å². The fourth-order valence-corrected chi connectivity index (χ4v) is 6.72. The first-order valence-corrected chi connectivity index (χ1v) is 17.1. The third kappa shape index (κ3) is 8.20. The molecule has 1 N–H and O–H groups in total. The molecule has 48 heavy (non-hydrogen) atoms. The van der Waals surface area contributed by atoms with Crippen LogP contribution >= 0.6 is 0 Å². The van der Waals surface area contributed by atoms with Crippen LogP contribution in [0.5, 0.6) is 11.5 Å². The molecule has 5 rings (SSSR count). The molecule has 16 heteroatoms. The van der Waals surface area contributed by atoms with Gasteiger partial charge in [0.25, 0.3) is 5.56 Å². The molecule has 1 aromatic heterocycles. The van der Waals surface area contributed by atoms with Gasteiger partial charge in [0, 0.05) is 52.2 Å². The maximum absolute atomic E-state index is 13.6. The highest BCUT2D eigenvalue weighted by molar-refractivity contribution is 7.90. The fraction of sp³-hybridized carbons (Fsp3) is 0.469. The number of carbonyl (C=O) groups is 2. The van der Waals surface area contributed by atoms with Crippen molar-refractivity contribution in [3.8, 4) is 17.6 Å². The Hall–Kier alpha value is -4.75. The minimum absolute atomic E-state index is 0.0263. The van der Waals surface area contributed by atoms with Crippen LogP contribution in [0.1, 0.15) is 45.6 Å². The fourth-order valence-electron chi connectivity index (χ4n) is 5.44. The largest absolute Gasteiger partial charge is 0.456 e. The Kier molecular flexibility index (Phi) is 10.2. The first-order valence-electron chi connectivity index (χ1n) is 15.6. The van der Waals surface area contributed by atoms with Gasteiger partial charge < -0.3 is 19.3 Å². The van der Waals surface area contributed by atoms with E-state index in [1.165, 1.54) is 35.2 Å². The maximum atomic E-state index is 13.6. The van der Waals surface area contributed by atoms with Gasteiger partial charge in [0.2, 0.25) is 5.91 Å². The highest BCUT2D eigenvalue weighted by Crippen LogP contribution is 2.32. The number of rotatable bonds is 9. The average Bonchev–Trinajstić information content (AvgIpc) is 3.49. The first kappa shape index (κ1) is 34.6. The van der Waals surface area contributed by atoms with Gasteiger partial charge in [0.15, 0.2) is 0 Å². The predicted octanol–water partition coefficient (Wildman–Crippen LogP) is 3.62. The molecule has 3 aromatic rings. The number of hydrogen-bond acceptors (Lipinski definition) is 9. The normalized spacial score (nSPS) is 17.3. The summed E-state index contributed by atoms with van der Waals surface area (Å²) in [7, 11) is -4.10. The van der Waals surface area contributed by atoms with Crippen molar-refractivity contribution >= 4 is 38.8 Å². The zero-order valence-corrected chi connectivity index (χ0v) is 27.8. The summed E-state index contributed by atoms with van der Waals surface area (Å²) in [6.07, 6.45) is 0.479. The third-order valence-electron chi connectivity index (χ3n) is 7.91. The third-order valence-corrected chi connectivity index (χ3v) is 9.40. The number of halogens is 1. The molecular formula is C32H38FN7O7S. The Morgan fingerprint density at radius 3 is 2.50 bits per heavy atom. The number of carbonyl (C=O) groups excluding carboxylic acids is 2. The minimum atomic E-state index is -4.10. The molecule has 1 atom stereocenters. The molecule has 2 aliphatic rings. The van der Waals surface area contributed by atoms with Crippen LogP contribution in [0, 0.1) is 11.3 Å². The molecule has 2 saturated heterocycles. The Balaban J connectivity index is 1.21. The molecule has 0 unspecified atom stereocenters. The Bertz CT molecular complexity index is 1900. The number of aromatic nitrogens is 2.